The van der Waals surface area contributed by atoms with Crippen LogP contribution >= 0.6 is 0 Å². The van der Waals surface area contributed by atoms with Crippen molar-refractivity contribution in [3.05, 3.63) is 0 Å². The highest BCUT2D eigenvalue weighted by Gasteiger charge is 2.44. The molecule has 1 fully saturated rings. The third-order valence-electron chi connectivity index (χ3n) is 7.56. The highest BCUT2D eigenvalue weighted by atomic mass is 16.7. The molecular formula is C31H59NO10. The smallest absolute Gasteiger partial charge is 0.305 e. The molecular weight excluding hydrogens is 546 g/mol. The van der Waals surface area contributed by atoms with Crippen molar-refractivity contribution >= 4 is 11.9 Å². The maximum atomic E-state index is 12.3. The Labute approximate surface area is 252 Å². The van der Waals surface area contributed by atoms with Crippen LogP contribution in [0, 0.1) is 0 Å². The number of unbranched alkanes of at least 4 members (excludes halogenated alkanes) is 14. The maximum Gasteiger partial charge on any atom is 0.305 e. The van der Waals surface area contributed by atoms with Crippen LogP contribution in [0.3, 0.4) is 0 Å². The van der Waals surface area contributed by atoms with E-state index in [0.29, 0.717) is 6.42 Å². The predicted molar refractivity (Wildman–Crippen MR) is 158 cm³/mol. The van der Waals surface area contributed by atoms with Gasteiger partial charge in [-0.1, -0.05) is 104 Å². The van der Waals surface area contributed by atoms with Gasteiger partial charge in [-0.15, -0.1) is 0 Å². The molecule has 0 bridgehead atoms. The first-order valence-electron chi connectivity index (χ1n) is 16.4. The normalized spacial score (nSPS) is 23.0. The molecule has 11 heteroatoms. The van der Waals surface area contributed by atoms with E-state index in [2.05, 4.69) is 12.4 Å². The van der Waals surface area contributed by atoms with Crippen molar-refractivity contribution in [2.75, 3.05) is 19.8 Å². The minimum absolute atomic E-state index is 0.204. The molecule has 5 N–H and O–H groups in total. The van der Waals surface area contributed by atoms with Crippen LogP contribution in [0.15, 0.2) is 0 Å². The first-order chi connectivity index (χ1) is 20.3. The van der Waals surface area contributed by atoms with Crippen molar-refractivity contribution in [3.8, 4) is 0 Å². The zero-order chi connectivity index (χ0) is 31.0. The minimum atomic E-state index is -1.59. The number of hydrogen-bond acceptors (Lipinski definition) is 10. The van der Waals surface area contributed by atoms with Crippen LogP contribution in [0.2, 0.25) is 0 Å². The van der Waals surface area contributed by atoms with E-state index in [1.807, 2.05) is 6.92 Å². The summed E-state index contributed by atoms with van der Waals surface area (Å²) in [4.78, 5) is 29.8. The van der Waals surface area contributed by atoms with Crippen molar-refractivity contribution in [2.24, 2.45) is 0 Å². The SMILES string of the molecule is CCCCCCCCCCCCCCCC(=O)OCC(CO[C@@H]1O[C@H](CO)[C@@H](O)[C@H](O)[C@H]1O)ONC(=O)CCCCC. The van der Waals surface area contributed by atoms with Crippen LogP contribution in [-0.4, -0.2) is 88.9 Å². The summed E-state index contributed by atoms with van der Waals surface area (Å²) >= 11 is 0. The van der Waals surface area contributed by atoms with Crippen molar-refractivity contribution in [2.45, 2.75) is 166 Å². The number of carbonyl (C=O) groups is 2. The lowest BCUT2D eigenvalue weighted by Gasteiger charge is -2.39. The van der Waals surface area contributed by atoms with Crippen molar-refractivity contribution in [3.63, 3.8) is 0 Å². The van der Waals surface area contributed by atoms with Gasteiger partial charge in [-0.3, -0.25) is 14.4 Å². The van der Waals surface area contributed by atoms with Gasteiger partial charge in [0, 0.05) is 12.8 Å². The molecule has 42 heavy (non-hydrogen) atoms. The number of rotatable bonds is 26. The number of hydroxylamine groups is 1. The number of esters is 1. The monoisotopic (exact) mass is 605 g/mol. The molecule has 1 aliphatic rings. The second-order valence-corrected chi connectivity index (χ2v) is 11.4. The van der Waals surface area contributed by atoms with Gasteiger partial charge in [0.2, 0.25) is 5.91 Å². The van der Waals surface area contributed by atoms with Gasteiger partial charge in [0.25, 0.3) is 0 Å². The zero-order valence-corrected chi connectivity index (χ0v) is 26.1. The topological polar surface area (TPSA) is 164 Å². The third-order valence-corrected chi connectivity index (χ3v) is 7.56. The number of aliphatic hydroxyl groups excluding tert-OH is 4. The number of amides is 1. The molecule has 0 aromatic heterocycles. The zero-order valence-electron chi connectivity index (χ0n) is 26.1. The summed E-state index contributed by atoms with van der Waals surface area (Å²) in [7, 11) is 0. The van der Waals surface area contributed by atoms with Gasteiger partial charge in [0.15, 0.2) is 6.29 Å². The molecule has 0 aromatic rings. The first kappa shape index (κ1) is 38.7. The fourth-order valence-corrected chi connectivity index (χ4v) is 4.80. The molecule has 6 atom stereocenters. The van der Waals surface area contributed by atoms with Crippen LogP contribution in [-0.2, 0) is 28.6 Å². The van der Waals surface area contributed by atoms with E-state index < -0.39 is 43.4 Å². The number of nitrogens with one attached hydrogen (secondary N) is 1. The van der Waals surface area contributed by atoms with Gasteiger partial charge >= 0.3 is 5.97 Å². The van der Waals surface area contributed by atoms with Crippen LogP contribution in [0.25, 0.3) is 0 Å². The Kier molecular flexibility index (Phi) is 23.1. The molecule has 1 heterocycles. The molecule has 0 aromatic carbocycles. The van der Waals surface area contributed by atoms with Gasteiger partial charge < -0.3 is 34.6 Å². The molecule has 1 aliphatic heterocycles. The van der Waals surface area contributed by atoms with Gasteiger partial charge in [-0.25, -0.2) is 5.48 Å². The second-order valence-electron chi connectivity index (χ2n) is 11.4. The molecule has 0 saturated carbocycles. The van der Waals surface area contributed by atoms with E-state index in [9.17, 15) is 30.0 Å². The average Bonchev–Trinajstić information content (AvgIpc) is 2.98. The lowest BCUT2D eigenvalue weighted by molar-refractivity contribution is -0.306. The number of ether oxygens (including phenoxy) is 3. The summed E-state index contributed by atoms with van der Waals surface area (Å²) in [5.41, 5.74) is 2.35. The van der Waals surface area contributed by atoms with E-state index in [-0.39, 0.29) is 37.9 Å². The van der Waals surface area contributed by atoms with E-state index in [1.54, 1.807) is 0 Å². The Morgan fingerprint density at radius 3 is 1.81 bits per heavy atom. The van der Waals surface area contributed by atoms with Crippen molar-refractivity contribution in [1.29, 1.82) is 0 Å². The lowest BCUT2D eigenvalue weighted by Crippen LogP contribution is -2.59. The van der Waals surface area contributed by atoms with Crippen LogP contribution < -0.4 is 5.48 Å². The number of aliphatic hydroxyl groups is 4. The fraction of sp³-hybridized carbons (Fsp3) is 0.935. The van der Waals surface area contributed by atoms with Crippen LogP contribution in [0.5, 0.6) is 0 Å². The summed E-state index contributed by atoms with van der Waals surface area (Å²) in [5.74, 6) is -0.701. The Morgan fingerprint density at radius 1 is 0.714 bits per heavy atom. The summed E-state index contributed by atoms with van der Waals surface area (Å²) in [6.07, 6.45) is 10.9. The molecule has 1 saturated heterocycles. The van der Waals surface area contributed by atoms with Gasteiger partial charge in [0.1, 0.15) is 37.1 Å². The Bertz CT molecular complexity index is 680. The van der Waals surface area contributed by atoms with E-state index in [1.165, 1.54) is 64.2 Å². The maximum absolute atomic E-state index is 12.3. The van der Waals surface area contributed by atoms with Crippen LogP contribution in [0.4, 0.5) is 0 Å². The minimum Gasteiger partial charge on any atom is -0.463 e. The lowest BCUT2D eigenvalue weighted by atomic mass is 9.99. The largest absolute Gasteiger partial charge is 0.463 e. The molecule has 1 amide bonds. The van der Waals surface area contributed by atoms with Gasteiger partial charge in [0.05, 0.1) is 13.2 Å². The Balaban J connectivity index is 2.34. The molecule has 11 nitrogen and oxygen atoms in total. The van der Waals surface area contributed by atoms with Crippen molar-refractivity contribution in [1.82, 2.24) is 5.48 Å². The summed E-state index contributed by atoms with van der Waals surface area (Å²) < 4.78 is 16.2. The number of hydrogen-bond donors (Lipinski definition) is 5. The predicted octanol–water partition coefficient (Wildman–Crippen LogP) is 3.82. The molecule has 1 unspecified atom stereocenters. The van der Waals surface area contributed by atoms with E-state index in [0.717, 1.165) is 32.1 Å². The highest BCUT2D eigenvalue weighted by Crippen LogP contribution is 2.22. The van der Waals surface area contributed by atoms with Crippen LogP contribution in [0.1, 0.15) is 129 Å². The molecule has 1 rings (SSSR count). The highest BCUT2D eigenvalue weighted by molar-refractivity contribution is 5.74. The van der Waals surface area contributed by atoms with E-state index in [4.69, 9.17) is 19.0 Å². The Morgan fingerprint density at radius 2 is 1.24 bits per heavy atom. The number of carbonyl (C=O) groups excluding carboxylic acids is 2. The Hall–Kier alpha value is -1.34. The van der Waals surface area contributed by atoms with Gasteiger partial charge in [-0.05, 0) is 12.8 Å². The standard InChI is InChI=1S/C31H59NO10/c1-3-5-7-8-9-10-11-12-13-14-15-16-18-20-27(35)39-22-24(42-32-26(34)19-17-6-4-2)23-40-31-30(38)29(37)28(36)25(21-33)41-31/h24-25,28-31,33,36-38H,3-23H2,1-2H3,(H,32,34)/t24?,25-,28-,29+,30-,31-/m1/s1. The molecule has 0 radical (unpaired) electrons. The molecule has 248 valence electrons. The second kappa shape index (κ2) is 25.0. The van der Waals surface area contributed by atoms with Crippen molar-refractivity contribution < 1.29 is 49.1 Å². The molecule has 0 spiro atoms. The van der Waals surface area contributed by atoms with E-state index >= 15 is 0 Å². The fourth-order valence-electron chi connectivity index (χ4n) is 4.80. The van der Waals surface area contributed by atoms with Gasteiger partial charge in [-0.2, -0.15) is 0 Å². The summed E-state index contributed by atoms with van der Waals surface area (Å²) in [6.45, 7) is 3.22. The molecule has 0 aliphatic carbocycles. The summed E-state index contributed by atoms with van der Waals surface area (Å²) in [5, 5.41) is 39.5. The average molecular weight is 606 g/mol. The third kappa shape index (κ3) is 17.7. The summed E-state index contributed by atoms with van der Waals surface area (Å²) in [6, 6.07) is 0. The quantitative estimate of drug-likeness (QED) is 0.0556. The first-order valence-corrected chi connectivity index (χ1v) is 16.4.